The zero-order chi connectivity index (χ0) is 23.5. The second kappa shape index (κ2) is 9.66. The highest BCUT2D eigenvalue weighted by molar-refractivity contribution is 8.00. The summed E-state index contributed by atoms with van der Waals surface area (Å²) in [5.41, 5.74) is 2.22. The van der Waals surface area contributed by atoms with Crippen molar-refractivity contribution < 1.29 is 9.90 Å². The number of hydrogen-bond donors (Lipinski definition) is 2. The maximum atomic E-state index is 13.0. The predicted octanol–water partition coefficient (Wildman–Crippen LogP) is 6.13. The maximum Gasteiger partial charge on any atom is 0.253 e. The van der Waals surface area contributed by atoms with Crippen molar-refractivity contribution in [1.29, 1.82) is 0 Å². The van der Waals surface area contributed by atoms with Gasteiger partial charge in [0.2, 0.25) is 0 Å². The molecular formula is C27H24ClN3O2S. The molecule has 7 heteroatoms. The van der Waals surface area contributed by atoms with E-state index in [-0.39, 0.29) is 5.91 Å². The lowest BCUT2D eigenvalue weighted by Gasteiger charge is -2.39. The second-order valence-electron chi connectivity index (χ2n) is 8.42. The Morgan fingerprint density at radius 3 is 2.47 bits per heavy atom. The molecule has 3 aromatic carbocycles. The number of aliphatic hydroxyl groups is 1. The lowest BCUT2D eigenvalue weighted by Crippen LogP contribution is -2.45. The number of para-hydroxylation sites is 1. The Labute approximate surface area is 207 Å². The minimum atomic E-state index is -1.00. The Balaban J connectivity index is 1.21. The van der Waals surface area contributed by atoms with Crippen LogP contribution in [0.5, 0.6) is 0 Å². The SMILES string of the molecule is O=C(c1ccc(NSc2cccc3cccnc23)cc1)N1CCC(O)(c2ccccc2Cl)CC1. The summed E-state index contributed by atoms with van der Waals surface area (Å²) < 4.78 is 3.34. The van der Waals surface area contributed by atoms with E-state index >= 15 is 0 Å². The summed E-state index contributed by atoms with van der Waals surface area (Å²) in [6.07, 6.45) is 2.71. The molecule has 5 rings (SSSR count). The molecular weight excluding hydrogens is 466 g/mol. The Bertz CT molecular complexity index is 1320. The molecule has 0 spiro atoms. The molecule has 1 amide bonds. The van der Waals surface area contributed by atoms with Crippen molar-refractivity contribution in [2.24, 2.45) is 0 Å². The molecule has 2 heterocycles. The number of nitrogens with one attached hydrogen (secondary N) is 1. The molecule has 1 aliphatic heterocycles. The van der Waals surface area contributed by atoms with Crippen molar-refractivity contribution in [2.75, 3.05) is 17.8 Å². The topological polar surface area (TPSA) is 65.5 Å². The van der Waals surface area contributed by atoms with Gasteiger partial charge in [-0.15, -0.1) is 0 Å². The number of carbonyl (C=O) groups is 1. The highest BCUT2D eigenvalue weighted by atomic mass is 35.5. The van der Waals surface area contributed by atoms with Crippen molar-refractivity contribution in [3.05, 3.63) is 101 Å². The van der Waals surface area contributed by atoms with Gasteiger partial charge in [-0.1, -0.05) is 48.0 Å². The van der Waals surface area contributed by atoms with Gasteiger partial charge in [-0.2, -0.15) is 0 Å². The molecule has 0 unspecified atom stereocenters. The highest BCUT2D eigenvalue weighted by Gasteiger charge is 2.36. The number of nitrogens with zero attached hydrogens (tertiary/aromatic N) is 2. The Kier molecular flexibility index (Phi) is 6.46. The number of amides is 1. The summed E-state index contributed by atoms with van der Waals surface area (Å²) in [7, 11) is 0. The van der Waals surface area contributed by atoms with Gasteiger partial charge >= 0.3 is 0 Å². The number of anilines is 1. The normalized spacial score (nSPS) is 15.3. The molecule has 0 aliphatic carbocycles. The Hall–Kier alpha value is -3.06. The van der Waals surface area contributed by atoms with E-state index in [9.17, 15) is 9.90 Å². The smallest absolute Gasteiger partial charge is 0.253 e. The number of benzene rings is 3. The number of likely N-dealkylation sites (tertiary alicyclic amines) is 1. The highest BCUT2D eigenvalue weighted by Crippen LogP contribution is 2.37. The first-order valence-electron chi connectivity index (χ1n) is 11.2. The first-order valence-corrected chi connectivity index (χ1v) is 12.4. The molecule has 1 fully saturated rings. The summed E-state index contributed by atoms with van der Waals surface area (Å²) in [6.45, 7) is 0.953. The first-order chi connectivity index (χ1) is 16.5. The van der Waals surface area contributed by atoms with E-state index in [1.807, 2.05) is 72.8 Å². The van der Waals surface area contributed by atoms with Gasteiger partial charge in [0.25, 0.3) is 5.91 Å². The van der Waals surface area contributed by atoms with E-state index in [4.69, 9.17) is 11.6 Å². The number of rotatable bonds is 5. The quantitative estimate of drug-likeness (QED) is 0.330. The van der Waals surface area contributed by atoms with E-state index < -0.39 is 5.60 Å². The molecule has 0 radical (unpaired) electrons. The molecule has 0 bridgehead atoms. The average Bonchev–Trinajstić information content (AvgIpc) is 2.88. The molecule has 34 heavy (non-hydrogen) atoms. The van der Waals surface area contributed by atoms with Gasteiger partial charge in [0.1, 0.15) is 0 Å². The summed E-state index contributed by atoms with van der Waals surface area (Å²) in [5, 5.41) is 12.8. The third-order valence-electron chi connectivity index (χ3n) is 6.26. The van der Waals surface area contributed by atoms with Crippen molar-refractivity contribution >= 4 is 46.0 Å². The largest absolute Gasteiger partial charge is 0.385 e. The van der Waals surface area contributed by atoms with E-state index in [1.54, 1.807) is 17.2 Å². The van der Waals surface area contributed by atoms with Gasteiger partial charge in [0.15, 0.2) is 0 Å². The fraction of sp³-hybridized carbons (Fsp3) is 0.185. The summed E-state index contributed by atoms with van der Waals surface area (Å²) in [5.74, 6) is -0.0290. The van der Waals surface area contributed by atoms with Crippen molar-refractivity contribution in [3.63, 3.8) is 0 Å². The number of carbonyl (C=O) groups excluding carboxylic acids is 1. The number of fused-ring (bicyclic) bond motifs is 1. The van der Waals surface area contributed by atoms with Gasteiger partial charge < -0.3 is 14.7 Å². The minimum absolute atomic E-state index is 0.0290. The van der Waals surface area contributed by atoms with Gasteiger partial charge in [-0.05, 0) is 67.3 Å². The second-order valence-corrected chi connectivity index (χ2v) is 9.67. The number of piperidine rings is 1. The van der Waals surface area contributed by atoms with Gasteiger partial charge in [-0.3, -0.25) is 9.78 Å². The predicted molar refractivity (Wildman–Crippen MR) is 138 cm³/mol. The molecule has 1 saturated heterocycles. The maximum absolute atomic E-state index is 13.0. The number of pyridine rings is 1. The number of halogens is 1. The summed E-state index contributed by atoms with van der Waals surface area (Å²) >= 11 is 7.80. The summed E-state index contributed by atoms with van der Waals surface area (Å²) in [6, 6.07) is 24.9. The van der Waals surface area contributed by atoms with Gasteiger partial charge in [-0.25, -0.2) is 0 Å². The van der Waals surface area contributed by atoms with Crippen molar-refractivity contribution in [2.45, 2.75) is 23.3 Å². The van der Waals surface area contributed by atoms with E-state index in [0.29, 0.717) is 36.5 Å². The molecule has 2 N–H and O–H groups in total. The van der Waals surface area contributed by atoms with Crippen LogP contribution < -0.4 is 4.72 Å². The summed E-state index contributed by atoms with van der Waals surface area (Å²) in [4.78, 5) is 20.4. The molecule has 0 saturated carbocycles. The van der Waals surface area contributed by atoms with Crippen LogP contribution in [0, 0.1) is 0 Å². The van der Waals surface area contributed by atoms with Crippen LogP contribution >= 0.6 is 23.5 Å². The van der Waals surface area contributed by atoms with Crippen LogP contribution in [0.3, 0.4) is 0 Å². The van der Waals surface area contributed by atoms with Crippen LogP contribution in [0.15, 0.2) is 90.0 Å². The molecule has 4 aromatic rings. The van der Waals surface area contributed by atoms with E-state index in [2.05, 4.69) is 9.71 Å². The lowest BCUT2D eigenvalue weighted by atomic mass is 9.84. The zero-order valence-corrected chi connectivity index (χ0v) is 20.0. The monoisotopic (exact) mass is 489 g/mol. The molecule has 5 nitrogen and oxygen atoms in total. The Morgan fingerprint density at radius 2 is 1.71 bits per heavy atom. The van der Waals surface area contributed by atoms with Crippen LogP contribution in [0.25, 0.3) is 10.9 Å². The van der Waals surface area contributed by atoms with Crippen molar-refractivity contribution in [3.8, 4) is 0 Å². The zero-order valence-electron chi connectivity index (χ0n) is 18.4. The number of aromatic nitrogens is 1. The molecule has 1 aromatic heterocycles. The third kappa shape index (κ3) is 4.62. The van der Waals surface area contributed by atoms with Crippen LogP contribution in [-0.2, 0) is 5.60 Å². The molecule has 1 aliphatic rings. The van der Waals surface area contributed by atoms with Crippen LogP contribution in [0.1, 0.15) is 28.8 Å². The average molecular weight is 490 g/mol. The van der Waals surface area contributed by atoms with E-state index in [0.717, 1.165) is 27.0 Å². The minimum Gasteiger partial charge on any atom is -0.385 e. The van der Waals surface area contributed by atoms with Crippen LogP contribution in [0.4, 0.5) is 5.69 Å². The first kappa shape index (κ1) is 22.7. The lowest BCUT2D eigenvalue weighted by molar-refractivity contribution is -0.0210. The van der Waals surface area contributed by atoms with Crippen molar-refractivity contribution in [1.82, 2.24) is 9.88 Å². The fourth-order valence-electron chi connectivity index (χ4n) is 4.32. The third-order valence-corrected chi connectivity index (χ3v) is 7.48. The van der Waals surface area contributed by atoms with Gasteiger partial charge in [0.05, 0.1) is 16.0 Å². The molecule has 0 atom stereocenters. The Morgan fingerprint density at radius 1 is 0.971 bits per heavy atom. The molecule has 172 valence electrons. The standard InChI is InChI=1S/C27H24ClN3O2S/c28-23-8-2-1-7-22(23)27(33)14-17-31(18-15-27)26(32)20-10-12-21(13-11-20)30-34-24-9-3-5-19-6-4-16-29-25(19)24/h1-13,16,30,33H,14-15,17-18H2. The van der Waals surface area contributed by atoms with Crippen LogP contribution in [0.2, 0.25) is 5.02 Å². The fourth-order valence-corrected chi connectivity index (χ4v) is 5.41. The number of hydrogen-bond acceptors (Lipinski definition) is 5. The van der Waals surface area contributed by atoms with Crippen LogP contribution in [-0.4, -0.2) is 34.0 Å². The van der Waals surface area contributed by atoms with E-state index in [1.165, 1.54) is 11.9 Å². The van der Waals surface area contributed by atoms with Gasteiger partial charge in [0, 0.05) is 46.5 Å².